The molecule has 18 heavy (non-hydrogen) atoms. The summed E-state index contributed by atoms with van der Waals surface area (Å²) in [6.07, 6.45) is 0.412. The van der Waals surface area contributed by atoms with Crippen LogP contribution in [0.2, 0.25) is 0 Å². The van der Waals surface area contributed by atoms with E-state index in [4.69, 9.17) is 21.7 Å². The van der Waals surface area contributed by atoms with Crippen molar-refractivity contribution in [3.8, 4) is 5.75 Å². The van der Waals surface area contributed by atoms with Crippen molar-refractivity contribution in [3.05, 3.63) is 23.5 Å². The summed E-state index contributed by atoms with van der Waals surface area (Å²) >= 11 is 4.94. The van der Waals surface area contributed by atoms with E-state index in [0.29, 0.717) is 6.29 Å². The molecule has 4 nitrogen and oxygen atoms in total. The smallest absolute Gasteiger partial charge is 0.261 e. The van der Waals surface area contributed by atoms with Gasteiger partial charge in [0.2, 0.25) is 0 Å². The van der Waals surface area contributed by atoms with Gasteiger partial charge in [0.05, 0.1) is 24.5 Å². The maximum absolute atomic E-state index is 13.3. The Morgan fingerprint density at radius 2 is 2.17 bits per heavy atom. The van der Waals surface area contributed by atoms with Gasteiger partial charge in [-0.25, -0.2) is 4.39 Å². The molecule has 6 heteroatoms. The van der Waals surface area contributed by atoms with E-state index in [2.05, 4.69) is 5.32 Å². The molecule has 1 aromatic carbocycles. The van der Waals surface area contributed by atoms with Crippen LogP contribution in [0.5, 0.6) is 5.75 Å². The minimum Gasteiger partial charge on any atom is -0.494 e. The summed E-state index contributed by atoms with van der Waals surface area (Å²) < 4.78 is 23.6. The average Bonchev–Trinajstić information content (AvgIpc) is 2.26. The molecule has 0 aliphatic carbocycles. The van der Waals surface area contributed by atoms with Crippen molar-refractivity contribution >= 4 is 29.4 Å². The molecular formula is C12H14FNO3S. The SMILES string of the molecule is COc1c(C=O)cc(F)cc1NC(=S)OC(C)C. The average molecular weight is 271 g/mol. The number of nitrogens with one attached hydrogen (secondary N) is 1. The van der Waals surface area contributed by atoms with E-state index in [0.717, 1.165) is 6.07 Å². The summed E-state index contributed by atoms with van der Waals surface area (Å²) in [7, 11) is 1.39. The molecule has 0 amide bonds. The van der Waals surface area contributed by atoms with Gasteiger partial charge in [0.15, 0.2) is 12.0 Å². The topological polar surface area (TPSA) is 47.6 Å². The van der Waals surface area contributed by atoms with Gasteiger partial charge in [-0.3, -0.25) is 4.79 Å². The van der Waals surface area contributed by atoms with Crippen LogP contribution in [0.3, 0.4) is 0 Å². The fraction of sp³-hybridized carbons (Fsp3) is 0.333. The number of halogens is 1. The van der Waals surface area contributed by atoms with E-state index in [1.54, 1.807) is 0 Å². The Bertz CT molecular complexity index is 463. The number of methoxy groups -OCH3 is 1. The van der Waals surface area contributed by atoms with Gasteiger partial charge in [-0.2, -0.15) is 0 Å². The molecule has 0 saturated carbocycles. The molecule has 0 saturated heterocycles. The number of hydrogen-bond donors (Lipinski definition) is 1. The fourth-order valence-electron chi connectivity index (χ4n) is 1.38. The summed E-state index contributed by atoms with van der Waals surface area (Å²) in [6, 6.07) is 2.27. The number of benzene rings is 1. The van der Waals surface area contributed by atoms with Crippen molar-refractivity contribution in [1.82, 2.24) is 0 Å². The Morgan fingerprint density at radius 1 is 1.50 bits per heavy atom. The van der Waals surface area contributed by atoms with Crippen molar-refractivity contribution in [2.75, 3.05) is 12.4 Å². The lowest BCUT2D eigenvalue weighted by Gasteiger charge is -2.15. The molecule has 0 aliphatic heterocycles. The third kappa shape index (κ3) is 3.66. The molecule has 98 valence electrons. The highest BCUT2D eigenvalue weighted by atomic mass is 32.1. The van der Waals surface area contributed by atoms with E-state index < -0.39 is 5.82 Å². The second-order valence-corrected chi connectivity index (χ2v) is 4.14. The molecule has 0 aromatic heterocycles. The van der Waals surface area contributed by atoms with Gasteiger partial charge in [0, 0.05) is 6.07 Å². The summed E-state index contributed by atoms with van der Waals surface area (Å²) in [4.78, 5) is 10.8. The van der Waals surface area contributed by atoms with Gasteiger partial charge >= 0.3 is 0 Å². The van der Waals surface area contributed by atoms with Crippen molar-refractivity contribution in [3.63, 3.8) is 0 Å². The second kappa shape index (κ2) is 6.30. The van der Waals surface area contributed by atoms with Gasteiger partial charge in [-0.05, 0) is 32.1 Å². The number of aldehydes is 1. The molecule has 1 aromatic rings. The van der Waals surface area contributed by atoms with Crippen LogP contribution in [0.4, 0.5) is 10.1 Å². The summed E-state index contributed by atoms with van der Waals surface area (Å²) in [5.74, 6) is -0.339. The zero-order chi connectivity index (χ0) is 13.7. The lowest BCUT2D eigenvalue weighted by molar-refractivity contribution is 0.112. The fourth-order valence-corrected chi connectivity index (χ4v) is 1.68. The minimum atomic E-state index is -0.562. The molecule has 0 radical (unpaired) electrons. The highest BCUT2D eigenvalue weighted by Crippen LogP contribution is 2.29. The third-order valence-electron chi connectivity index (χ3n) is 1.99. The van der Waals surface area contributed by atoms with Gasteiger partial charge < -0.3 is 14.8 Å². The maximum Gasteiger partial charge on any atom is 0.261 e. The summed E-state index contributed by atoms with van der Waals surface area (Å²) in [5.41, 5.74) is 0.359. The maximum atomic E-state index is 13.3. The number of rotatable bonds is 4. The zero-order valence-electron chi connectivity index (χ0n) is 10.3. The van der Waals surface area contributed by atoms with Crippen LogP contribution in [0.25, 0.3) is 0 Å². The molecule has 0 unspecified atom stereocenters. The predicted molar refractivity (Wildman–Crippen MR) is 70.8 cm³/mol. The number of thiocarbonyl (C=S) groups is 1. The molecule has 1 rings (SSSR count). The number of ether oxygens (including phenoxy) is 2. The normalized spacial score (nSPS) is 10.1. The lowest BCUT2D eigenvalue weighted by atomic mass is 10.2. The Morgan fingerprint density at radius 3 is 2.67 bits per heavy atom. The summed E-state index contributed by atoms with van der Waals surface area (Å²) in [6.45, 7) is 3.63. The van der Waals surface area contributed by atoms with Gasteiger partial charge in [0.25, 0.3) is 5.17 Å². The number of anilines is 1. The number of carbonyl (C=O) groups excluding carboxylic acids is 1. The van der Waals surface area contributed by atoms with E-state index in [1.807, 2.05) is 13.8 Å². The van der Waals surface area contributed by atoms with Crippen LogP contribution < -0.4 is 10.1 Å². The first-order valence-corrected chi connectivity index (χ1v) is 5.69. The molecule has 0 atom stereocenters. The van der Waals surface area contributed by atoms with Gasteiger partial charge in [0.1, 0.15) is 5.82 Å². The standard InChI is InChI=1S/C12H14FNO3S/c1-7(2)17-12(18)14-10-5-9(13)4-8(6-15)11(10)16-3/h4-7H,1-3H3,(H,14,18). The van der Waals surface area contributed by atoms with E-state index in [1.165, 1.54) is 13.2 Å². The first-order chi connectivity index (χ1) is 8.47. The van der Waals surface area contributed by atoms with Crippen LogP contribution in [0.15, 0.2) is 12.1 Å². The third-order valence-corrected chi connectivity index (χ3v) is 2.19. The molecule has 0 bridgehead atoms. The molecule has 0 fully saturated rings. The highest BCUT2D eigenvalue weighted by Gasteiger charge is 2.13. The van der Waals surface area contributed by atoms with Crippen molar-refractivity contribution in [2.24, 2.45) is 0 Å². The quantitative estimate of drug-likeness (QED) is 0.674. The van der Waals surface area contributed by atoms with E-state index in [-0.39, 0.29) is 28.3 Å². The first-order valence-electron chi connectivity index (χ1n) is 5.28. The van der Waals surface area contributed by atoms with Crippen LogP contribution in [0.1, 0.15) is 24.2 Å². The first kappa shape index (κ1) is 14.4. The number of carbonyl (C=O) groups is 1. The minimum absolute atomic E-state index is 0.0887. The van der Waals surface area contributed by atoms with Crippen LogP contribution in [-0.4, -0.2) is 24.7 Å². The van der Waals surface area contributed by atoms with Crippen molar-refractivity contribution < 1.29 is 18.7 Å². The molecule has 1 N–H and O–H groups in total. The number of hydrogen-bond acceptors (Lipinski definition) is 4. The molecule has 0 heterocycles. The predicted octanol–water partition coefficient (Wildman–Crippen LogP) is 2.77. The van der Waals surface area contributed by atoms with Crippen molar-refractivity contribution in [1.29, 1.82) is 0 Å². The van der Waals surface area contributed by atoms with Crippen LogP contribution in [-0.2, 0) is 4.74 Å². The van der Waals surface area contributed by atoms with Crippen LogP contribution >= 0.6 is 12.2 Å². The van der Waals surface area contributed by atoms with E-state index >= 15 is 0 Å². The Hall–Kier alpha value is -1.69. The summed E-state index contributed by atoms with van der Waals surface area (Å²) in [5, 5.41) is 2.78. The van der Waals surface area contributed by atoms with Gasteiger partial charge in [-0.1, -0.05) is 0 Å². The van der Waals surface area contributed by atoms with E-state index in [9.17, 15) is 9.18 Å². The molecular weight excluding hydrogens is 257 g/mol. The highest BCUT2D eigenvalue weighted by molar-refractivity contribution is 7.80. The van der Waals surface area contributed by atoms with Crippen LogP contribution in [0, 0.1) is 5.82 Å². The molecule has 0 spiro atoms. The Kier molecular flexibility index (Phi) is 5.03. The van der Waals surface area contributed by atoms with Crippen molar-refractivity contribution in [2.45, 2.75) is 20.0 Å². The monoisotopic (exact) mass is 271 g/mol. The largest absolute Gasteiger partial charge is 0.494 e. The zero-order valence-corrected chi connectivity index (χ0v) is 11.1. The Labute approximate surface area is 110 Å². The second-order valence-electron chi connectivity index (χ2n) is 3.77. The Balaban J connectivity index is 3.03. The lowest BCUT2D eigenvalue weighted by Crippen LogP contribution is -2.18. The molecule has 0 aliphatic rings. The van der Waals surface area contributed by atoms with Gasteiger partial charge in [-0.15, -0.1) is 0 Å².